The van der Waals surface area contributed by atoms with E-state index in [1.54, 1.807) is 0 Å². The van der Waals surface area contributed by atoms with Crippen LogP contribution in [0.4, 0.5) is 5.82 Å². The number of nitrogens with one attached hydrogen (secondary N) is 1. The molecule has 4 N–H and O–H groups in total. The number of rotatable bonds is 1. The average Bonchev–Trinajstić information content (AvgIpc) is 2.49. The molecule has 0 aliphatic rings. The van der Waals surface area contributed by atoms with E-state index in [-0.39, 0.29) is 6.61 Å². The smallest absolute Gasteiger partial charge is 0.183 e. The molecule has 0 fully saturated rings. The highest BCUT2D eigenvalue weighted by molar-refractivity contribution is 5.80. The molecule has 0 saturated heterocycles. The number of nitrogen functional groups attached to an aromatic ring is 1. The monoisotopic (exact) mass is 165 g/mol. The topological polar surface area (TPSA) is 101 Å². The molecule has 0 aliphatic heterocycles. The number of hydrogen-bond donors (Lipinski definition) is 3. The molecule has 0 spiro atoms. The number of fused-ring (bicyclic) bond motifs is 1. The Hall–Kier alpha value is -1.69. The normalized spacial score (nSPS) is 10.8. The van der Waals surface area contributed by atoms with E-state index in [2.05, 4.69) is 19.9 Å². The van der Waals surface area contributed by atoms with Crippen LogP contribution in [0.25, 0.3) is 11.2 Å². The van der Waals surface area contributed by atoms with E-state index < -0.39 is 0 Å². The van der Waals surface area contributed by atoms with Crippen LogP contribution in [0, 0.1) is 0 Å². The lowest BCUT2D eigenvalue weighted by Crippen LogP contribution is -1.91. The number of H-pyrrole nitrogens is 1. The first kappa shape index (κ1) is 6.99. The van der Waals surface area contributed by atoms with Crippen molar-refractivity contribution in [2.75, 3.05) is 5.73 Å². The summed E-state index contributed by atoms with van der Waals surface area (Å²) in [5.74, 6) is 0.782. The number of aromatic amines is 1. The zero-order valence-electron chi connectivity index (χ0n) is 6.15. The Labute approximate surface area is 67.5 Å². The van der Waals surface area contributed by atoms with Crippen LogP contribution in [0.1, 0.15) is 5.82 Å². The van der Waals surface area contributed by atoms with Gasteiger partial charge in [-0.1, -0.05) is 0 Å². The maximum atomic E-state index is 8.75. The van der Waals surface area contributed by atoms with Gasteiger partial charge in [-0.15, -0.1) is 0 Å². The minimum atomic E-state index is -0.157. The van der Waals surface area contributed by atoms with E-state index in [1.807, 2.05) is 0 Å². The van der Waals surface area contributed by atoms with Crippen LogP contribution in [-0.2, 0) is 6.61 Å². The minimum absolute atomic E-state index is 0.157. The van der Waals surface area contributed by atoms with Crippen molar-refractivity contribution in [3.63, 3.8) is 0 Å². The zero-order chi connectivity index (χ0) is 8.55. The fourth-order valence-electron chi connectivity index (χ4n) is 0.969. The van der Waals surface area contributed by atoms with Gasteiger partial charge in [-0.25, -0.2) is 15.0 Å². The molecule has 2 rings (SSSR count). The molecular weight excluding hydrogens is 158 g/mol. The molecule has 0 bridgehead atoms. The molecule has 6 heteroatoms. The van der Waals surface area contributed by atoms with Gasteiger partial charge in [-0.05, 0) is 0 Å². The lowest BCUT2D eigenvalue weighted by Gasteiger charge is -1.89. The summed E-state index contributed by atoms with van der Waals surface area (Å²) in [6.45, 7) is -0.157. The first-order valence-corrected chi connectivity index (χ1v) is 3.37. The van der Waals surface area contributed by atoms with Gasteiger partial charge >= 0.3 is 0 Å². The molecule has 0 aliphatic carbocycles. The van der Waals surface area contributed by atoms with E-state index in [1.165, 1.54) is 6.33 Å². The molecule has 0 unspecified atom stereocenters. The van der Waals surface area contributed by atoms with Crippen molar-refractivity contribution in [1.82, 2.24) is 19.9 Å². The zero-order valence-corrected chi connectivity index (χ0v) is 6.15. The van der Waals surface area contributed by atoms with Gasteiger partial charge in [0.1, 0.15) is 24.3 Å². The fourth-order valence-corrected chi connectivity index (χ4v) is 0.969. The standard InChI is InChI=1S/C6H7N5O/c7-5-4-6(9-2-8-5)11-3(1-12)10-4/h2,12H,1H2,(H3,7,8,9,10,11). The van der Waals surface area contributed by atoms with Crippen LogP contribution in [0.2, 0.25) is 0 Å². The third-order valence-corrected chi connectivity index (χ3v) is 1.52. The first-order valence-electron chi connectivity index (χ1n) is 3.37. The number of nitrogens with two attached hydrogens (primary N) is 1. The predicted octanol–water partition coefficient (Wildman–Crippen LogP) is -0.573. The van der Waals surface area contributed by atoms with Crippen LogP contribution in [0.15, 0.2) is 6.33 Å². The van der Waals surface area contributed by atoms with Gasteiger partial charge in [-0.2, -0.15) is 0 Å². The van der Waals surface area contributed by atoms with Crippen molar-refractivity contribution >= 4 is 17.0 Å². The summed E-state index contributed by atoms with van der Waals surface area (Å²) in [6.07, 6.45) is 1.33. The molecule has 12 heavy (non-hydrogen) atoms. The highest BCUT2D eigenvalue weighted by atomic mass is 16.3. The maximum absolute atomic E-state index is 8.75. The molecule has 2 aromatic heterocycles. The molecule has 2 aromatic rings. The van der Waals surface area contributed by atoms with Crippen LogP contribution < -0.4 is 5.73 Å². The molecule has 0 radical (unpaired) electrons. The highest BCUT2D eigenvalue weighted by Crippen LogP contribution is 2.12. The number of nitrogens with zero attached hydrogens (tertiary/aromatic N) is 3. The van der Waals surface area contributed by atoms with E-state index in [0.717, 1.165) is 0 Å². The minimum Gasteiger partial charge on any atom is -0.388 e. The Morgan fingerprint density at radius 3 is 3.00 bits per heavy atom. The third kappa shape index (κ3) is 0.892. The van der Waals surface area contributed by atoms with Crippen molar-refractivity contribution in [1.29, 1.82) is 0 Å². The molecule has 0 amide bonds. The number of aliphatic hydroxyl groups is 1. The number of imidazole rings is 1. The van der Waals surface area contributed by atoms with Crippen molar-refractivity contribution in [2.24, 2.45) is 0 Å². The van der Waals surface area contributed by atoms with Gasteiger partial charge in [-0.3, -0.25) is 0 Å². The van der Waals surface area contributed by atoms with Gasteiger partial charge in [0, 0.05) is 0 Å². The van der Waals surface area contributed by atoms with Gasteiger partial charge in [0.2, 0.25) is 0 Å². The number of hydrogen-bond acceptors (Lipinski definition) is 5. The third-order valence-electron chi connectivity index (χ3n) is 1.52. The number of anilines is 1. The molecular formula is C6H7N5O. The summed E-state index contributed by atoms with van der Waals surface area (Å²) in [5, 5.41) is 8.75. The second-order valence-corrected chi connectivity index (χ2v) is 2.30. The quantitative estimate of drug-likeness (QED) is 0.525. The lowest BCUT2D eigenvalue weighted by atomic mass is 10.5. The van der Waals surface area contributed by atoms with E-state index in [9.17, 15) is 0 Å². The van der Waals surface area contributed by atoms with Gasteiger partial charge in [0.15, 0.2) is 11.5 Å². The highest BCUT2D eigenvalue weighted by Gasteiger charge is 2.05. The SMILES string of the molecule is Nc1ncnc2nc(CO)[nH]c12. The molecule has 2 heterocycles. The fraction of sp³-hybridized carbons (Fsp3) is 0.167. The predicted molar refractivity (Wildman–Crippen MR) is 42.0 cm³/mol. The van der Waals surface area contributed by atoms with E-state index >= 15 is 0 Å². The maximum Gasteiger partial charge on any atom is 0.183 e. The van der Waals surface area contributed by atoms with Crippen molar-refractivity contribution < 1.29 is 5.11 Å². The summed E-state index contributed by atoms with van der Waals surface area (Å²) >= 11 is 0. The van der Waals surface area contributed by atoms with Crippen LogP contribution >= 0.6 is 0 Å². The Bertz CT molecular complexity index is 409. The van der Waals surface area contributed by atoms with Gasteiger partial charge < -0.3 is 15.8 Å². The summed E-state index contributed by atoms with van der Waals surface area (Å²) in [5.41, 5.74) is 6.57. The van der Waals surface area contributed by atoms with Gasteiger partial charge in [0.05, 0.1) is 0 Å². The van der Waals surface area contributed by atoms with Crippen molar-refractivity contribution in [3.05, 3.63) is 12.2 Å². The Balaban J connectivity index is 2.74. The summed E-state index contributed by atoms with van der Waals surface area (Å²) in [7, 11) is 0. The van der Waals surface area contributed by atoms with Crippen LogP contribution in [-0.4, -0.2) is 25.0 Å². The average molecular weight is 165 g/mol. The van der Waals surface area contributed by atoms with Gasteiger partial charge in [0.25, 0.3) is 0 Å². The van der Waals surface area contributed by atoms with E-state index in [4.69, 9.17) is 10.8 Å². The summed E-state index contributed by atoms with van der Waals surface area (Å²) in [6, 6.07) is 0. The number of aliphatic hydroxyl groups excluding tert-OH is 1. The Morgan fingerprint density at radius 1 is 1.50 bits per heavy atom. The molecule has 0 saturated carbocycles. The summed E-state index contributed by atoms with van der Waals surface area (Å²) in [4.78, 5) is 14.4. The van der Waals surface area contributed by atoms with Crippen molar-refractivity contribution in [3.8, 4) is 0 Å². The van der Waals surface area contributed by atoms with Crippen molar-refractivity contribution in [2.45, 2.75) is 6.61 Å². The Morgan fingerprint density at radius 2 is 2.33 bits per heavy atom. The summed E-state index contributed by atoms with van der Waals surface area (Å²) < 4.78 is 0. The Kier molecular flexibility index (Phi) is 1.41. The van der Waals surface area contributed by atoms with E-state index in [0.29, 0.717) is 22.8 Å². The molecule has 6 nitrogen and oxygen atoms in total. The number of aromatic nitrogens is 4. The first-order chi connectivity index (χ1) is 5.81. The molecule has 62 valence electrons. The lowest BCUT2D eigenvalue weighted by molar-refractivity contribution is 0.273. The largest absolute Gasteiger partial charge is 0.388 e. The van der Waals surface area contributed by atoms with Crippen LogP contribution in [0.3, 0.4) is 0 Å². The second kappa shape index (κ2) is 2.42. The second-order valence-electron chi connectivity index (χ2n) is 2.30. The molecule has 0 atom stereocenters. The van der Waals surface area contributed by atoms with Crippen LogP contribution in [0.5, 0.6) is 0 Å². The molecule has 0 aromatic carbocycles.